The first-order valence-corrected chi connectivity index (χ1v) is 5.33. The van der Waals surface area contributed by atoms with E-state index in [2.05, 4.69) is 10.3 Å². The molecule has 0 bridgehead atoms. The zero-order valence-corrected chi connectivity index (χ0v) is 9.60. The predicted octanol–water partition coefficient (Wildman–Crippen LogP) is 0.991. The molecular formula is C11H16N4O. The van der Waals surface area contributed by atoms with Crippen LogP contribution in [-0.2, 0) is 6.54 Å². The molecule has 5 nitrogen and oxygen atoms in total. The molecule has 0 atom stereocenters. The fourth-order valence-electron chi connectivity index (χ4n) is 1.74. The maximum absolute atomic E-state index is 11.7. The highest BCUT2D eigenvalue weighted by Gasteiger charge is 2.24. The van der Waals surface area contributed by atoms with Gasteiger partial charge in [-0.05, 0) is 11.6 Å². The molecular weight excluding hydrogens is 204 g/mol. The third kappa shape index (κ3) is 2.08. The van der Waals surface area contributed by atoms with E-state index in [1.807, 2.05) is 31.1 Å². The predicted molar refractivity (Wildman–Crippen MR) is 62.2 cm³/mol. The van der Waals surface area contributed by atoms with Crippen LogP contribution in [0.15, 0.2) is 18.3 Å². The van der Waals surface area contributed by atoms with Crippen LogP contribution >= 0.6 is 0 Å². The van der Waals surface area contributed by atoms with Crippen LogP contribution in [0.2, 0.25) is 0 Å². The number of nitrogens with zero attached hydrogens (tertiary/aromatic N) is 3. The van der Waals surface area contributed by atoms with Crippen molar-refractivity contribution in [1.82, 2.24) is 14.8 Å². The minimum absolute atomic E-state index is 0.0951. The number of hydrogen-bond acceptors (Lipinski definition) is 3. The maximum atomic E-state index is 11.7. The number of rotatable bonds is 3. The van der Waals surface area contributed by atoms with Gasteiger partial charge >= 0.3 is 6.03 Å². The fourth-order valence-corrected chi connectivity index (χ4v) is 1.74. The first kappa shape index (κ1) is 10.7. The summed E-state index contributed by atoms with van der Waals surface area (Å²) in [6.45, 7) is 2.24. The van der Waals surface area contributed by atoms with Crippen molar-refractivity contribution in [2.45, 2.75) is 6.54 Å². The molecule has 1 aliphatic rings. The number of carbonyl (C=O) groups excluding carboxylic acids is 1. The molecule has 1 saturated heterocycles. The Hall–Kier alpha value is -1.78. The molecule has 0 radical (unpaired) electrons. The van der Waals surface area contributed by atoms with Gasteiger partial charge in [0.2, 0.25) is 0 Å². The Bertz CT molecular complexity index is 376. The Morgan fingerprint density at radius 3 is 2.75 bits per heavy atom. The first-order chi connectivity index (χ1) is 7.70. The third-order valence-corrected chi connectivity index (χ3v) is 2.76. The van der Waals surface area contributed by atoms with E-state index in [1.54, 1.807) is 11.1 Å². The van der Waals surface area contributed by atoms with Crippen molar-refractivity contribution < 1.29 is 4.79 Å². The monoisotopic (exact) mass is 220 g/mol. The third-order valence-electron chi connectivity index (χ3n) is 2.76. The summed E-state index contributed by atoms with van der Waals surface area (Å²) in [7, 11) is 3.66. The van der Waals surface area contributed by atoms with Crippen LogP contribution in [0.5, 0.6) is 0 Å². The molecule has 1 fully saturated rings. The van der Waals surface area contributed by atoms with E-state index in [4.69, 9.17) is 0 Å². The number of hydrogen-bond donors (Lipinski definition) is 1. The number of amides is 2. The van der Waals surface area contributed by atoms with Gasteiger partial charge in [-0.15, -0.1) is 0 Å². The number of nitrogens with one attached hydrogen (secondary N) is 1. The summed E-state index contributed by atoms with van der Waals surface area (Å²) in [6.07, 6.45) is 1.80. The quantitative estimate of drug-likeness (QED) is 0.826. The summed E-state index contributed by atoms with van der Waals surface area (Å²) in [4.78, 5) is 19.4. The Labute approximate surface area is 95.1 Å². The Balaban J connectivity index is 2.01. The lowest BCUT2D eigenvalue weighted by atomic mass is 10.2. The smallest absolute Gasteiger partial charge is 0.320 e. The molecule has 0 aliphatic carbocycles. The van der Waals surface area contributed by atoms with Gasteiger partial charge in [-0.25, -0.2) is 9.78 Å². The average Bonchev–Trinajstić information content (AvgIpc) is 2.62. The largest absolute Gasteiger partial charge is 0.373 e. The molecule has 0 spiro atoms. The van der Waals surface area contributed by atoms with Crippen LogP contribution in [0.3, 0.4) is 0 Å². The van der Waals surface area contributed by atoms with E-state index >= 15 is 0 Å². The van der Waals surface area contributed by atoms with Crippen molar-refractivity contribution >= 4 is 11.8 Å². The van der Waals surface area contributed by atoms with Gasteiger partial charge in [-0.3, -0.25) is 0 Å². The molecule has 5 heteroatoms. The SMILES string of the molecule is CNc1ccc(CN2CCN(C)C2=O)cn1. The Morgan fingerprint density at radius 1 is 1.44 bits per heavy atom. The molecule has 0 aromatic carbocycles. The molecule has 86 valence electrons. The summed E-state index contributed by atoms with van der Waals surface area (Å²) in [5.41, 5.74) is 1.06. The van der Waals surface area contributed by atoms with E-state index in [0.29, 0.717) is 6.54 Å². The van der Waals surface area contributed by atoms with Crippen molar-refractivity contribution in [3.05, 3.63) is 23.9 Å². The van der Waals surface area contributed by atoms with E-state index in [1.165, 1.54) is 0 Å². The minimum atomic E-state index is 0.0951. The lowest BCUT2D eigenvalue weighted by Crippen LogP contribution is -2.28. The lowest BCUT2D eigenvalue weighted by molar-refractivity contribution is 0.197. The van der Waals surface area contributed by atoms with Crippen LogP contribution in [0.25, 0.3) is 0 Å². The number of urea groups is 1. The molecule has 1 aliphatic heterocycles. The number of aromatic nitrogens is 1. The van der Waals surface area contributed by atoms with Gasteiger partial charge in [0.05, 0.1) is 0 Å². The molecule has 1 aromatic rings. The molecule has 16 heavy (non-hydrogen) atoms. The molecule has 1 aromatic heterocycles. The Kier molecular flexibility index (Phi) is 2.94. The lowest BCUT2D eigenvalue weighted by Gasteiger charge is -2.15. The number of carbonyl (C=O) groups is 1. The zero-order valence-electron chi connectivity index (χ0n) is 9.60. The van der Waals surface area contributed by atoms with Crippen molar-refractivity contribution in [3.8, 4) is 0 Å². The van der Waals surface area contributed by atoms with Crippen LogP contribution in [0.1, 0.15) is 5.56 Å². The second-order valence-corrected chi connectivity index (χ2v) is 3.93. The van der Waals surface area contributed by atoms with Gasteiger partial charge in [0.25, 0.3) is 0 Å². The van der Waals surface area contributed by atoms with Crippen LogP contribution in [0.4, 0.5) is 10.6 Å². The second-order valence-electron chi connectivity index (χ2n) is 3.93. The number of anilines is 1. The van der Waals surface area contributed by atoms with E-state index in [0.717, 1.165) is 24.5 Å². The number of pyridine rings is 1. The van der Waals surface area contributed by atoms with Gasteiger partial charge < -0.3 is 15.1 Å². The van der Waals surface area contributed by atoms with E-state index < -0.39 is 0 Å². The maximum Gasteiger partial charge on any atom is 0.320 e. The van der Waals surface area contributed by atoms with Gasteiger partial charge in [-0.2, -0.15) is 0 Å². The normalized spacial score (nSPS) is 15.8. The zero-order chi connectivity index (χ0) is 11.5. The Morgan fingerprint density at radius 2 is 2.25 bits per heavy atom. The van der Waals surface area contributed by atoms with Crippen molar-refractivity contribution in [2.24, 2.45) is 0 Å². The van der Waals surface area contributed by atoms with E-state index in [9.17, 15) is 4.79 Å². The van der Waals surface area contributed by atoms with Crippen molar-refractivity contribution in [3.63, 3.8) is 0 Å². The summed E-state index contributed by atoms with van der Waals surface area (Å²) < 4.78 is 0. The molecule has 2 rings (SSSR count). The summed E-state index contributed by atoms with van der Waals surface area (Å²) >= 11 is 0. The van der Waals surface area contributed by atoms with Crippen LogP contribution in [0, 0.1) is 0 Å². The standard InChI is InChI=1S/C11H16N4O/c1-12-10-4-3-9(7-13-10)8-15-6-5-14(2)11(15)16/h3-4,7H,5-6,8H2,1-2H3,(H,12,13). The van der Waals surface area contributed by atoms with Gasteiger partial charge in [-0.1, -0.05) is 6.07 Å². The van der Waals surface area contributed by atoms with Crippen molar-refractivity contribution in [1.29, 1.82) is 0 Å². The highest BCUT2D eigenvalue weighted by molar-refractivity contribution is 5.76. The van der Waals surface area contributed by atoms with Crippen molar-refractivity contribution in [2.75, 3.05) is 32.5 Å². The topological polar surface area (TPSA) is 48.5 Å². The molecule has 2 heterocycles. The number of likely N-dealkylation sites (N-methyl/N-ethyl adjacent to an activating group) is 1. The van der Waals surface area contributed by atoms with Crippen LogP contribution in [-0.4, -0.2) is 48.0 Å². The summed E-state index contributed by atoms with van der Waals surface area (Å²) in [6, 6.07) is 4.00. The average molecular weight is 220 g/mol. The molecule has 1 N–H and O–H groups in total. The van der Waals surface area contributed by atoms with E-state index in [-0.39, 0.29) is 6.03 Å². The van der Waals surface area contributed by atoms with Gasteiger partial charge in [0.1, 0.15) is 5.82 Å². The molecule has 2 amide bonds. The fraction of sp³-hybridized carbons (Fsp3) is 0.455. The van der Waals surface area contributed by atoms with Gasteiger partial charge in [0.15, 0.2) is 0 Å². The first-order valence-electron chi connectivity index (χ1n) is 5.33. The van der Waals surface area contributed by atoms with Crippen LogP contribution < -0.4 is 5.32 Å². The molecule has 0 saturated carbocycles. The second kappa shape index (κ2) is 4.38. The summed E-state index contributed by atoms with van der Waals surface area (Å²) in [5, 5.41) is 2.96. The summed E-state index contributed by atoms with van der Waals surface area (Å²) in [5.74, 6) is 0.841. The van der Waals surface area contributed by atoms with Gasteiger partial charge in [0, 0.05) is 39.9 Å². The highest BCUT2D eigenvalue weighted by atomic mass is 16.2. The molecule has 0 unspecified atom stereocenters. The minimum Gasteiger partial charge on any atom is -0.373 e. The highest BCUT2D eigenvalue weighted by Crippen LogP contribution is 2.12.